The second kappa shape index (κ2) is 7.07. The topological polar surface area (TPSA) is 67.0 Å². The monoisotopic (exact) mass is 345 g/mol. The van der Waals surface area contributed by atoms with Crippen molar-refractivity contribution in [2.75, 3.05) is 13.2 Å². The van der Waals surface area contributed by atoms with Crippen LogP contribution >= 0.6 is 11.3 Å². The molecule has 1 saturated heterocycles. The number of fused-ring (bicyclic) bond motifs is 1. The SMILES string of the molecule is O=C(NCCc1n[nH]c2c1CCCC2)c1ccc([C@H]2CCCO2)s1. The lowest BCUT2D eigenvalue weighted by atomic mass is 9.95. The zero-order valence-electron chi connectivity index (χ0n) is 13.8. The van der Waals surface area contributed by atoms with Crippen LogP contribution in [-0.2, 0) is 24.0 Å². The van der Waals surface area contributed by atoms with Crippen molar-refractivity contribution in [2.24, 2.45) is 0 Å². The molecule has 2 aliphatic rings. The Kier molecular flexibility index (Phi) is 4.67. The number of nitrogens with one attached hydrogen (secondary N) is 2. The molecular weight excluding hydrogens is 322 g/mol. The largest absolute Gasteiger partial charge is 0.373 e. The zero-order valence-corrected chi connectivity index (χ0v) is 14.6. The first-order valence-electron chi connectivity index (χ1n) is 8.86. The van der Waals surface area contributed by atoms with Gasteiger partial charge in [-0.2, -0.15) is 5.10 Å². The second-order valence-electron chi connectivity index (χ2n) is 6.54. The van der Waals surface area contributed by atoms with E-state index in [1.165, 1.54) is 29.0 Å². The maximum atomic E-state index is 12.3. The van der Waals surface area contributed by atoms with Crippen molar-refractivity contribution >= 4 is 17.2 Å². The van der Waals surface area contributed by atoms with Gasteiger partial charge in [0.2, 0.25) is 0 Å². The summed E-state index contributed by atoms with van der Waals surface area (Å²) in [5.41, 5.74) is 3.80. The minimum Gasteiger partial charge on any atom is -0.373 e. The third-order valence-corrected chi connectivity index (χ3v) is 6.06. The molecule has 2 aromatic heterocycles. The Bertz CT molecular complexity index is 716. The molecule has 0 aromatic carbocycles. The smallest absolute Gasteiger partial charge is 0.261 e. The van der Waals surface area contributed by atoms with Crippen molar-refractivity contribution in [2.45, 2.75) is 51.0 Å². The van der Waals surface area contributed by atoms with Crippen LogP contribution in [0.4, 0.5) is 0 Å². The first-order valence-corrected chi connectivity index (χ1v) is 9.67. The third-order valence-electron chi connectivity index (χ3n) is 4.89. The van der Waals surface area contributed by atoms with E-state index >= 15 is 0 Å². The number of hydrogen-bond acceptors (Lipinski definition) is 4. The maximum Gasteiger partial charge on any atom is 0.261 e. The van der Waals surface area contributed by atoms with E-state index in [9.17, 15) is 4.79 Å². The predicted molar refractivity (Wildman–Crippen MR) is 93.5 cm³/mol. The Balaban J connectivity index is 1.31. The molecular formula is C18H23N3O2S. The van der Waals surface area contributed by atoms with Crippen LogP contribution in [0.25, 0.3) is 0 Å². The summed E-state index contributed by atoms with van der Waals surface area (Å²) in [6, 6.07) is 3.94. The number of hydrogen-bond donors (Lipinski definition) is 2. The first-order chi connectivity index (χ1) is 11.8. The first kappa shape index (κ1) is 15.8. The molecule has 1 fully saturated rings. The van der Waals surface area contributed by atoms with E-state index in [1.807, 2.05) is 12.1 Å². The number of amides is 1. The summed E-state index contributed by atoms with van der Waals surface area (Å²) < 4.78 is 5.68. The van der Waals surface area contributed by atoms with E-state index in [0.717, 1.165) is 49.3 Å². The summed E-state index contributed by atoms with van der Waals surface area (Å²) in [5.74, 6) is 0.00801. The van der Waals surface area contributed by atoms with Crippen LogP contribution in [0, 0.1) is 0 Å². The number of carbonyl (C=O) groups excluding carboxylic acids is 1. The molecule has 24 heavy (non-hydrogen) atoms. The Hall–Kier alpha value is -1.66. The van der Waals surface area contributed by atoms with Gasteiger partial charge in [-0.1, -0.05) is 0 Å². The standard InChI is InChI=1S/C18H23N3O2S/c22-18(17-8-7-16(24-17)15-6-3-11-23-15)19-10-9-14-12-4-1-2-5-13(12)20-21-14/h7-8,15H,1-6,9-11H2,(H,19,22)(H,20,21)/t15-/m1/s1. The minimum atomic E-state index is 0.00801. The van der Waals surface area contributed by atoms with Crippen molar-refractivity contribution in [3.63, 3.8) is 0 Å². The lowest BCUT2D eigenvalue weighted by Gasteiger charge is -2.11. The molecule has 1 aliphatic carbocycles. The van der Waals surface area contributed by atoms with Crippen LogP contribution < -0.4 is 5.32 Å². The quantitative estimate of drug-likeness (QED) is 0.875. The maximum absolute atomic E-state index is 12.3. The van der Waals surface area contributed by atoms with Gasteiger partial charge in [0.1, 0.15) is 0 Å². The van der Waals surface area contributed by atoms with E-state index in [1.54, 1.807) is 11.3 Å². The second-order valence-corrected chi connectivity index (χ2v) is 7.66. The number of ether oxygens (including phenoxy) is 1. The Morgan fingerprint density at radius 2 is 2.25 bits per heavy atom. The molecule has 0 saturated carbocycles. The van der Waals surface area contributed by atoms with Gasteiger partial charge < -0.3 is 10.1 Å². The fourth-order valence-electron chi connectivity index (χ4n) is 3.59. The number of carbonyl (C=O) groups is 1. The summed E-state index contributed by atoms with van der Waals surface area (Å²) in [6.45, 7) is 1.46. The molecule has 0 spiro atoms. The Labute approximate surface area is 145 Å². The highest BCUT2D eigenvalue weighted by Crippen LogP contribution is 2.33. The third kappa shape index (κ3) is 3.26. The van der Waals surface area contributed by atoms with E-state index in [0.29, 0.717) is 6.54 Å². The van der Waals surface area contributed by atoms with Crippen LogP contribution in [0.15, 0.2) is 12.1 Å². The van der Waals surface area contributed by atoms with Crippen molar-refractivity contribution in [3.05, 3.63) is 38.8 Å². The molecule has 0 radical (unpaired) electrons. The lowest BCUT2D eigenvalue weighted by molar-refractivity contribution is 0.0958. The molecule has 1 aliphatic heterocycles. The predicted octanol–water partition coefficient (Wildman–Crippen LogP) is 3.17. The number of aromatic amines is 1. The van der Waals surface area contributed by atoms with Crippen LogP contribution in [0.2, 0.25) is 0 Å². The average molecular weight is 345 g/mol. The fraction of sp³-hybridized carbons (Fsp3) is 0.556. The molecule has 4 rings (SSSR count). The van der Waals surface area contributed by atoms with Gasteiger partial charge in [-0.15, -0.1) is 11.3 Å². The fourth-order valence-corrected chi connectivity index (χ4v) is 4.60. The molecule has 6 heteroatoms. The molecule has 1 amide bonds. The van der Waals surface area contributed by atoms with E-state index < -0.39 is 0 Å². The Morgan fingerprint density at radius 1 is 1.33 bits per heavy atom. The van der Waals surface area contributed by atoms with Crippen LogP contribution in [0.5, 0.6) is 0 Å². The molecule has 3 heterocycles. The Morgan fingerprint density at radius 3 is 3.12 bits per heavy atom. The van der Waals surface area contributed by atoms with Gasteiger partial charge in [-0.25, -0.2) is 0 Å². The van der Waals surface area contributed by atoms with Crippen LogP contribution in [-0.4, -0.2) is 29.3 Å². The van der Waals surface area contributed by atoms with Crippen molar-refractivity contribution in [1.29, 1.82) is 0 Å². The number of aromatic nitrogens is 2. The summed E-state index contributed by atoms with van der Waals surface area (Å²) in [7, 11) is 0. The molecule has 128 valence electrons. The number of aryl methyl sites for hydroxylation is 1. The summed E-state index contributed by atoms with van der Waals surface area (Å²) in [4.78, 5) is 14.3. The van der Waals surface area contributed by atoms with Gasteiger partial charge in [0.05, 0.1) is 16.7 Å². The van der Waals surface area contributed by atoms with Gasteiger partial charge in [0.15, 0.2) is 0 Å². The van der Waals surface area contributed by atoms with Gasteiger partial charge in [-0.3, -0.25) is 9.89 Å². The molecule has 2 N–H and O–H groups in total. The van der Waals surface area contributed by atoms with Crippen LogP contribution in [0.3, 0.4) is 0 Å². The summed E-state index contributed by atoms with van der Waals surface area (Å²) >= 11 is 1.55. The van der Waals surface area contributed by atoms with E-state index in [2.05, 4.69) is 15.5 Å². The summed E-state index contributed by atoms with van der Waals surface area (Å²) in [5, 5.41) is 10.6. The number of rotatable bonds is 5. The number of H-pyrrole nitrogens is 1. The van der Waals surface area contributed by atoms with E-state index in [4.69, 9.17) is 4.74 Å². The normalized spacial score (nSPS) is 20.1. The van der Waals surface area contributed by atoms with Crippen molar-refractivity contribution in [3.8, 4) is 0 Å². The number of nitrogens with zero attached hydrogens (tertiary/aromatic N) is 1. The molecule has 0 unspecified atom stereocenters. The van der Waals surface area contributed by atoms with Crippen molar-refractivity contribution < 1.29 is 9.53 Å². The summed E-state index contributed by atoms with van der Waals surface area (Å²) in [6.07, 6.45) is 7.86. The van der Waals surface area contributed by atoms with E-state index in [-0.39, 0.29) is 12.0 Å². The molecule has 0 bridgehead atoms. The van der Waals surface area contributed by atoms with Gasteiger partial charge >= 0.3 is 0 Å². The molecule has 5 nitrogen and oxygen atoms in total. The number of thiophene rings is 1. The average Bonchev–Trinajstić information content (AvgIpc) is 3.35. The minimum absolute atomic E-state index is 0.00801. The lowest BCUT2D eigenvalue weighted by Crippen LogP contribution is -2.25. The highest BCUT2D eigenvalue weighted by molar-refractivity contribution is 7.14. The van der Waals surface area contributed by atoms with Crippen LogP contribution in [0.1, 0.15) is 63.3 Å². The van der Waals surface area contributed by atoms with Gasteiger partial charge in [0, 0.05) is 30.1 Å². The molecule has 1 atom stereocenters. The van der Waals surface area contributed by atoms with Crippen molar-refractivity contribution in [1.82, 2.24) is 15.5 Å². The highest BCUT2D eigenvalue weighted by Gasteiger charge is 2.21. The van der Waals surface area contributed by atoms with Gasteiger partial charge in [0.25, 0.3) is 5.91 Å². The zero-order chi connectivity index (χ0) is 16.4. The highest BCUT2D eigenvalue weighted by atomic mass is 32.1. The van der Waals surface area contributed by atoms with Gasteiger partial charge in [-0.05, 0) is 56.2 Å². The molecule has 2 aromatic rings.